The summed E-state index contributed by atoms with van der Waals surface area (Å²) in [5, 5.41) is 13.1. The molecule has 0 unspecified atom stereocenters. The van der Waals surface area contributed by atoms with Crippen LogP contribution in [0.5, 0.6) is 0 Å². The second-order valence-electron chi connectivity index (χ2n) is 5.88. The van der Waals surface area contributed by atoms with Gasteiger partial charge in [-0.3, -0.25) is 9.59 Å². The number of carbonyl (C=O) groups excluding carboxylic acids is 1. The third-order valence-electron chi connectivity index (χ3n) is 4.19. The van der Waals surface area contributed by atoms with E-state index in [2.05, 4.69) is 15.1 Å². The maximum Gasteiger partial charge on any atom is 0.323 e. The largest absolute Gasteiger partial charge is 0.480 e. The third-order valence-corrected chi connectivity index (χ3v) is 4.19. The number of carboxylic acid groups (broad SMARTS) is 1. The van der Waals surface area contributed by atoms with Crippen molar-refractivity contribution >= 4 is 17.7 Å². The first kappa shape index (κ1) is 15.4. The molecule has 8 heteroatoms. The quantitative estimate of drug-likeness (QED) is 0.843. The molecule has 0 atom stereocenters. The number of carbonyl (C=O) groups is 2. The average molecular weight is 317 g/mol. The van der Waals surface area contributed by atoms with Gasteiger partial charge in [0.25, 0.3) is 5.78 Å². The SMILES string of the molecule is Cc1nc2ncnn2c(C)c1CCC(=O)N(CC(=O)O)C1CC1. The number of rotatable bonds is 6. The summed E-state index contributed by atoms with van der Waals surface area (Å²) in [6.07, 6.45) is 4.02. The van der Waals surface area contributed by atoms with Gasteiger partial charge in [-0.15, -0.1) is 0 Å². The summed E-state index contributed by atoms with van der Waals surface area (Å²) in [6, 6.07) is 0.0942. The Morgan fingerprint density at radius 2 is 2.13 bits per heavy atom. The fourth-order valence-electron chi connectivity index (χ4n) is 2.85. The van der Waals surface area contributed by atoms with Crippen LogP contribution in [0.4, 0.5) is 0 Å². The minimum absolute atomic E-state index is 0.0942. The molecule has 0 radical (unpaired) electrons. The van der Waals surface area contributed by atoms with Crippen molar-refractivity contribution in [2.24, 2.45) is 0 Å². The summed E-state index contributed by atoms with van der Waals surface area (Å²) in [4.78, 5) is 33.2. The van der Waals surface area contributed by atoms with E-state index in [1.165, 1.54) is 11.2 Å². The molecular formula is C15H19N5O3. The number of carboxylic acids is 1. The van der Waals surface area contributed by atoms with Crippen LogP contribution in [0, 0.1) is 13.8 Å². The molecule has 0 saturated heterocycles. The fourth-order valence-corrected chi connectivity index (χ4v) is 2.85. The van der Waals surface area contributed by atoms with Crippen LogP contribution in [-0.4, -0.2) is 54.1 Å². The van der Waals surface area contributed by atoms with Gasteiger partial charge in [0.2, 0.25) is 5.91 Å². The van der Waals surface area contributed by atoms with Crippen molar-refractivity contribution in [3.8, 4) is 0 Å². The van der Waals surface area contributed by atoms with Crippen molar-refractivity contribution in [1.82, 2.24) is 24.5 Å². The molecule has 0 aliphatic heterocycles. The van der Waals surface area contributed by atoms with Gasteiger partial charge < -0.3 is 10.0 Å². The molecule has 1 amide bonds. The Morgan fingerprint density at radius 1 is 1.39 bits per heavy atom. The summed E-state index contributed by atoms with van der Waals surface area (Å²) in [5.41, 5.74) is 2.70. The van der Waals surface area contributed by atoms with E-state index in [-0.39, 0.29) is 24.9 Å². The van der Waals surface area contributed by atoms with Gasteiger partial charge in [0, 0.05) is 23.9 Å². The molecule has 3 rings (SSSR count). The topological polar surface area (TPSA) is 101 Å². The number of hydrogen-bond donors (Lipinski definition) is 1. The van der Waals surface area contributed by atoms with Crippen molar-refractivity contribution in [3.05, 3.63) is 23.3 Å². The molecule has 2 aromatic rings. The van der Waals surface area contributed by atoms with E-state index in [0.29, 0.717) is 12.2 Å². The highest BCUT2D eigenvalue weighted by atomic mass is 16.4. The molecule has 1 saturated carbocycles. The molecule has 1 aliphatic rings. The van der Waals surface area contributed by atoms with Crippen LogP contribution in [0.25, 0.3) is 5.78 Å². The second kappa shape index (κ2) is 5.94. The first-order valence-electron chi connectivity index (χ1n) is 7.64. The van der Waals surface area contributed by atoms with Crippen LogP contribution in [0.15, 0.2) is 6.33 Å². The minimum Gasteiger partial charge on any atom is -0.480 e. The van der Waals surface area contributed by atoms with Crippen LogP contribution >= 0.6 is 0 Å². The Bertz CT molecular complexity index is 766. The summed E-state index contributed by atoms with van der Waals surface area (Å²) in [7, 11) is 0. The first-order valence-corrected chi connectivity index (χ1v) is 7.64. The molecule has 0 aromatic carbocycles. The van der Waals surface area contributed by atoms with Gasteiger partial charge in [-0.05, 0) is 38.7 Å². The van der Waals surface area contributed by atoms with Crippen molar-refractivity contribution in [2.45, 2.75) is 45.6 Å². The van der Waals surface area contributed by atoms with E-state index >= 15 is 0 Å². The second-order valence-corrected chi connectivity index (χ2v) is 5.88. The van der Waals surface area contributed by atoms with Gasteiger partial charge in [0.15, 0.2) is 0 Å². The summed E-state index contributed by atoms with van der Waals surface area (Å²) >= 11 is 0. The lowest BCUT2D eigenvalue weighted by Gasteiger charge is -2.20. The lowest BCUT2D eigenvalue weighted by molar-refractivity contribution is -0.144. The lowest BCUT2D eigenvalue weighted by Crippen LogP contribution is -2.37. The van der Waals surface area contributed by atoms with Crippen molar-refractivity contribution in [3.63, 3.8) is 0 Å². The fraction of sp³-hybridized carbons (Fsp3) is 0.533. The zero-order chi connectivity index (χ0) is 16.6. The van der Waals surface area contributed by atoms with Crippen LogP contribution in [0.1, 0.15) is 36.2 Å². The maximum atomic E-state index is 12.4. The van der Waals surface area contributed by atoms with E-state index in [0.717, 1.165) is 29.8 Å². The number of aliphatic carboxylic acids is 1. The van der Waals surface area contributed by atoms with Gasteiger partial charge in [-0.25, -0.2) is 9.50 Å². The highest BCUT2D eigenvalue weighted by Gasteiger charge is 2.33. The molecule has 1 fully saturated rings. The predicted molar refractivity (Wildman–Crippen MR) is 80.9 cm³/mol. The number of aromatic nitrogens is 4. The van der Waals surface area contributed by atoms with Gasteiger partial charge >= 0.3 is 5.97 Å². The lowest BCUT2D eigenvalue weighted by atomic mass is 10.1. The Labute approximate surface area is 133 Å². The number of fused-ring (bicyclic) bond motifs is 1. The zero-order valence-corrected chi connectivity index (χ0v) is 13.2. The normalized spacial score (nSPS) is 14.2. The summed E-state index contributed by atoms with van der Waals surface area (Å²) in [6.45, 7) is 3.59. The van der Waals surface area contributed by atoms with E-state index in [9.17, 15) is 9.59 Å². The minimum atomic E-state index is -0.969. The molecule has 23 heavy (non-hydrogen) atoms. The summed E-state index contributed by atoms with van der Waals surface area (Å²) in [5.74, 6) is -0.545. The molecule has 1 N–H and O–H groups in total. The molecule has 0 bridgehead atoms. The predicted octanol–water partition coefficient (Wildman–Crippen LogP) is 0.749. The smallest absolute Gasteiger partial charge is 0.323 e. The Kier molecular flexibility index (Phi) is 3.97. The standard InChI is InChI=1S/C15H19N5O3/c1-9-12(10(2)20-15(18-9)16-8-17-20)5-6-13(21)19(7-14(22)23)11-3-4-11/h8,11H,3-7H2,1-2H3,(H,22,23). The number of amides is 1. The van der Waals surface area contributed by atoms with Gasteiger partial charge in [-0.1, -0.05) is 0 Å². The zero-order valence-electron chi connectivity index (χ0n) is 13.2. The highest BCUT2D eigenvalue weighted by molar-refractivity contribution is 5.82. The van der Waals surface area contributed by atoms with Crippen LogP contribution in [0.3, 0.4) is 0 Å². The van der Waals surface area contributed by atoms with Crippen molar-refractivity contribution in [1.29, 1.82) is 0 Å². The Balaban J connectivity index is 1.74. The third kappa shape index (κ3) is 3.15. The molecule has 0 spiro atoms. The van der Waals surface area contributed by atoms with E-state index in [1.54, 1.807) is 4.52 Å². The van der Waals surface area contributed by atoms with Crippen LogP contribution in [-0.2, 0) is 16.0 Å². The molecule has 122 valence electrons. The van der Waals surface area contributed by atoms with E-state index in [4.69, 9.17) is 5.11 Å². The van der Waals surface area contributed by atoms with Gasteiger partial charge in [0.1, 0.15) is 12.9 Å². The molecule has 2 aromatic heterocycles. The Morgan fingerprint density at radius 3 is 2.78 bits per heavy atom. The first-order chi connectivity index (χ1) is 11.0. The number of aryl methyl sites for hydroxylation is 2. The maximum absolute atomic E-state index is 12.4. The van der Waals surface area contributed by atoms with Crippen molar-refractivity contribution in [2.75, 3.05) is 6.54 Å². The molecule has 2 heterocycles. The van der Waals surface area contributed by atoms with Gasteiger partial charge in [-0.2, -0.15) is 10.1 Å². The Hall–Kier alpha value is -2.51. The number of hydrogen-bond acceptors (Lipinski definition) is 5. The summed E-state index contributed by atoms with van der Waals surface area (Å²) < 4.78 is 1.66. The van der Waals surface area contributed by atoms with E-state index in [1.807, 2.05) is 13.8 Å². The van der Waals surface area contributed by atoms with Crippen molar-refractivity contribution < 1.29 is 14.7 Å². The average Bonchev–Trinajstić information content (AvgIpc) is 3.22. The monoisotopic (exact) mass is 317 g/mol. The molecule has 8 nitrogen and oxygen atoms in total. The molecular weight excluding hydrogens is 298 g/mol. The van der Waals surface area contributed by atoms with Crippen LogP contribution in [0.2, 0.25) is 0 Å². The van der Waals surface area contributed by atoms with E-state index < -0.39 is 5.97 Å². The van der Waals surface area contributed by atoms with Crippen LogP contribution < -0.4 is 0 Å². The number of nitrogens with zero attached hydrogens (tertiary/aromatic N) is 5. The van der Waals surface area contributed by atoms with Gasteiger partial charge in [0.05, 0.1) is 0 Å². The highest BCUT2D eigenvalue weighted by Crippen LogP contribution is 2.27. The molecule has 1 aliphatic carbocycles.